The summed E-state index contributed by atoms with van der Waals surface area (Å²) in [5, 5.41) is 12.4. The Morgan fingerprint density at radius 3 is 2.66 bits per heavy atom. The summed E-state index contributed by atoms with van der Waals surface area (Å²) >= 11 is 3.30. The monoisotopic (exact) mass is 465 g/mol. The van der Waals surface area contributed by atoms with E-state index in [4.69, 9.17) is 9.72 Å². The van der Waals surface area contributed by atoms with Gasteiger partial charge in [0.25, 0.3) is 5.91 Å². The first-order valence-electron chi connectivity index (χ1n) is 10.4. The summed E-state index contributed by atoms with van der Waals surface area (Å²) in [6.07, 6.45) is 0. The molecule has 0 atom stereocenters. The van der Waals surface area contributed by atoms with Gasteiger partial charge in [0, 0.05) is 37.1 Å². The van der Waals surface area contributed by atoms with Crippen LogP contribution in [0.5, 0.6) is 5.75 Å². The third-order valence-electron chi connectivity index (χ3n) is 5.54. The van der Waals surface area contributed by atoms with Crippen molar-refractivity contribution in [2.75, 3.05) is 33.3 Å². The van der Waals surface area contributed by atoms with Gasteiger partial charge < -0.3 is 9.64 Å². The molecule has 1 fully saturated rings. The van der Waals surface area contributed by atoms with Crippen molar-refractivity contribution in [1.29, 1.82) is 0 Å². The number of ether oxygens (including phenoxy) is 1. The van der Waals surface area contributed by atoms with Crippen molar-refractivity contribution >= 4 is 28.6 Å². The van der Waals surface area contributed by atoms with Crippen LogP contribution in [0.3, 0.4) is 0 Å². The number of aromatic nitrogens is 3. The number of hydrogen-bond acceptors (Lipinski definition) is 7. The lowest BCUT2D eigenvalue weighted by Crippen LogP contribution is -2.48. The zero-order valence-corrected chi connectivity index (χ0v) is 19.3. The van der Waals surface area contributed by atoms with E-state index in [9.17, 15) is 4.79 Å². The van der Waals surface area contributed by atoms with E-state index in [1.54, 1.807) is 29.8 Å². The smallest absolute Gasteiger partial charge is 0.274 e. The van der Waals surface area contributed by atoms with Crippen LogP contribution in [0.25, 0.3) is 21.8 Å². The van der Waals surface area contributed by atoms with Crippen molar-refractivity contribution in [2.45, 2.75) is 6.54 Å². The molecule has 9 heteroatoms. The maximum Gasteiger partial charge on any atom is 0.274 e. The summed E-state index contributed by atoms with van der Waals surface area (Å²) in [7, 11) is 1.67. The van der Waals surface area contributed by atoms with Gasteiger partial charge in [-0.1, -0.05) is 6.07 Å². The minimum absolute atomic E-state index is 0.0141. The number of aromatic amines is 1. The molecule has 1 aliphatic rings. The van der Waals surface area contributed by atoms with Gasteiger partial charge in [0.15, 0.2) is 5.69 Å². The molecule has 32 heavy (non-hydrogen) atoms. The van der Waals surface area contributed by atoms with Crippen LogP contribution in [0.1, 0.15) is 15.5 Å². The van der Waals surface area contributed by atoms with E-state index in [2.05, 4.69) is 20.5 Å². The van der Waals surface area contributed by atoms with Crippen LogP contribution in [-0.4, -0.2) is 64.2 Å². The second-order valence-corrected chi connectivity index (χ2v) is 9.46. The molecular weight excluding hydrogens is 442 g/mol. The first-order chi connectivity index (χ1) is 15.7. The van der Waals surface area contributed by atoms with E-state index in [0.717, 1.165) is 52.2 Å². The molecule has 4 aromatic rings. The van der Waals surface area contributed by atoms with Gasteiger partial charge >= 0.3 is 0 Å². The van der Waals surface area contributed by atoms with Gasteiger partial charge in [-0.3, -0.25) is 14.8 Å². The van der Waals surface area contributed by atoms with E-state index < -0.39 is 0 Å². The summed E-state index contributed by atoms with van der Waals surface area (Å²) in [5.41, 5.74) is 3.44. The minimum atomic E-state index is -0.0141. The molecule has 1 N–H and O–H groups in total. The van der Waals surface area contributed by atoms with E-state index in [1.165, 1.54) is 0 Å². The number of thiophene rings is 1. The average Bonchev–Trinajstić information content (AvgIpc) is 3.61. The molecule has 0 unspecified atom stereocenters. The number of H-pyrrole nitrogens is 1. The van der Waals surface area contributed by atoms with Gasteiger partial charge in [-0.2, -0.15) is 5.10 Å². The zero-order chi connectivity index (χ0) is 21.9. The van der Waals surface area contributed by atoms with Gasteiger partial charge in [-0.15, -0.1) is 22.7 Å². The molecule has 164 valence electrons. The van der Waals surface area contributed by atoms with E-state index in [1.807, 2.05) is 52.7 Å². The van der Waals surface area contributed by atoms with Crippen LogP contribution in [0.2, 0.25) is 0 Å². The Bertz CT molecular complexity index is 1180. The van der Waals surface area contributed by atoms with Crippen molar-refractivity contribution in [3.05, 3.63) is 63.9 Å². The third kappa shape index (κ3) is 4.45. The van der Waals surface area contributed by atoms with E-state index in [0.29, 0.717) is 18.8 Å². The molecule has 1 aliphatic heterocycles. The molecule has 5 rings (SSSR count). The number of piperazine rings is 1. The highest BCUT2D eigenvalue weighted by atomic mass is 32.1. The summed E-state index contributed by atoms with van der Waals surface area (Å²) in [4.78, 5) is 23.0. The number of carbonyl (C=O) groups excluding carboxylic acids is 1. The quantitative estimate of drug-likeness (QED) is 0.461. The van der Waals surface area contributed by atoms with E-state index in [-0.39, 0.29) is 5.91 Å². The van der Waals surface area contributed by atoms with Crippen molar-refractivity contribution in [3.63, 3.8) is 0 Å². The van der Waals surface area contributed by atoms with Crippen molar-refractivity contribution < 1.29 is 9.53 Å². The van der Waals surface area contributed by atoms with Crippen LogP contribution in [0.4, 0.5) is 0 Å². The number of nitrogens with one attached hydrogen (secondary N) is 1. The second-order valence-electron chi connectivity index (χ2n) is 7.57. The van der Waals surface area contributed by atoms with Crippen LogP contribution < -0.4 is 4.74 Å². The molecule has 0 radical (unpaired) electrons. The molecule has 7 nitrogen and oxygen atoms in total. The maximum atomic E-state index is 12.9. The molecular formula is C23H23N5O2S2. The fourth-order valence-electron chi connectivity index (χ4n) is 3.73. The number of nitrogens with zero attached hydrogens (tertiary/aromatic N) is 4. The highest BCUT2D eigenvalue weighted by Crippen LogP contribution is 2.26. The Morgan fingerprint density at radius 1 is 1.12 bits per heavy atom. The number of benzene rings is 1. The first-order valence-corrected chi connectivity index (χ1v) is 12.2. The summed E-state index contributed by atoms with van der Waals surface area (Å²) in [6.45, 7) is 3.83. The van der Waals surface area contributed by atoms with Gasteiger partial charge in [-0.25, -0.2) is 4.98 Å². The largest absolute Gasteiger partial charge is 0.497 e. The Labute approximate surface area is 194 Å². The number of carbonyl (C=O) groups is 1. The van der Waals surface area contributed by atoms with Gasteiger partial charge in [-0.05, 0) is 41.8 Å². The second kappa shape index (κ2) is 9.23. The molecule has 1 saturated heterocycles. The highest BCUT2D eigenvalue weighted by Gasteiger charge is 2.24. The SMILES string of the molecule is COc1ccc(-c2csc(CN3CCN(C(=O)c4cc(-c5cccs5)[nH]n4)CC3)n2)cc1. The number of methoxy groups -OCH3 is 1. The Hall–Kier alpha value is -3.01. The first kappa shape index (κ1) is 20.9. The van der Waals surface area contributed by atoms with Crippen molar-refractivity contribution in [1.82, 2.24) is 25.0 Å². The molecule has 0 aliphatic carbocycles. The fourth-order valence-corrected chi connectivity index (χ4v) is 5.27. The lowest BCUT2D eigenvalue weighted by molar-refractivity contribution is 0.0622. The fraction of sp³-hybridized carbons (Fsp3) is 0.261. The molecule has 0 saturated carbocycles. The molecule has 1 aromatic carbocycles. The lowest BCUT2D eigenvalue weighted by Gasteiger charge is -2.33. The number of thiazole rings is 1. The Morgan fingerprint density at radius 2 is 1.94 bits per heavy atom. The van der Waals surface area contributed by atoms with Crippen LogP contribution >= 0.6 is 22.7 Å². The molecule has 4 heterocycles. The predicted molar refractivity (Wildman–Crippen MR) is 127 cm³/mol. The predicted octanol–water partition coefficient (Wildman–Crippen LogP) is 4.23. The Kier molecular flexibility index (Phi) is 6.02. The van der Waals surface area contributed by atoms with Gasteiger partial charge in [0.05, 0.1) is 29.9 Å². The van der Waals surface area contributed by atoms with Crippen LogP contribution in [0.15, 0.2) is 53.2 Å². The summed E-state index contributed by atoms with van der Waals surface area (Å²) in [5.74, 6) is 0.828. The molecule has 1 amide bonds. The molecule has 3 aromatic heterocycles. The zero-order valence-electron chi connectivity index (χ0n) is 17.7. The topological polar surface area (TPSA) is 74.3 Å². The van der Waals surface area contributed by atoms with Crippen molar-refractivity contribution in [3.8, 4) is 27.6 Å². The van der Waals surface area contributed by atoms with Crippen LogP contribution in [0, 0.1) is 0 Å². The standard InChI is InChI=1S/C23H23N5O2S2/c1-30-17-6-4-16(5-7-17)20-15-32-22(24-20)14-27-8-10-28(11-9-27)23(29)19-13-18(25-26-19)21-3-2-12-31-21/h2-7,12-13,15H,8-11,14H2,1H3,(H,25,26). The number of amides is 1. The number of hydrogen-bond donors (Lipinski definition) is 1. The minimum Gasteiger partial charge on any atom is -0.497 e. The third-order valence-corrected chi connectivity index (χ3v) is 7.28. The van der Waals surface area contributed by atoms with Gasteiger partial charge in [0.2, 0.25) is 0 Å². The van der Waals surface area contributed by atoms with Crippen LogP contribution in [-0.2, 0) is 6.54 Å². The van der Waals surface area contributed by atoms with Gasteiger partial charge in [0.1, 0.15) is 10.8 Å². The van der Waals surface area contributed by atoms with E-state index >= 15 is 0 Å². The molecule has 0 bridgehead atoms. The summed E-state index contributed by atoms with van der Waals surface area (Å²) in [6, 6.07) is 13.8. The summed E-state index contributed by atoms with van der Waals surface area (Å²) < 4.78 is 5.22. The Balaban J connectivity index is 1.16. The van der Waals surface area contributed by atoms with Crippen molar-refractivity contribution in [2.24, 2.45) is 0 Å². The number of rotatable bonds is 6. The average molecular weight is 466 g/mol. The maximum absolute atomic E-state index is 12.9. The molecule has 0 spiro atoms. The normalized spacial score (nSPS) is 14.6. The lowest BCUT2D eigenvalue weighted by atomic mass is 10.2. The highest BCUT2D eigenvalue weighted by molar-refractivity contribution is 7.13.